The minimum atomic E-state index is 0. The normalized spacial score (nSPS) is 22.6. The molecule has 1 unspecified atom stereocenters. The predicted molar refractivity (Wildman–Crippen MR) is 70.7 cm³/mol. The van der Waals surface area contributed by atoms with Crippen LogP contribution in [0.15, 0.2) is 24.3 Å². The molecule has 1 saturated heterocycles. The Kier molecular flexibility index (Phi) is 4.80. The lowest BCUT2D eigenvalue weighted by atomic mass is 9.93. The van der Waals surface area contributed by atoms with E-state index in [1.54, 1.807) is 7.11 Å². The Morgan fingerprint density at radius 3 is 2.41 bits per heavy atom. The maximum Gasteiger partial charge on any atom is 0.134 e. The zero-order valence-corrected chi connectivity index (χ0v) is 11.3. The van der Waals surface area contributed by atoms with E-state index >= 15 is 0 Å². The van der Waals surface area contributed by atoms with Crippen LogP contribution in [0.1, 0.15) is 25.6 Å². The standard InChI is InChI=1S/C13H19NO2.ClH/c1-13(2)8-14-12(16-9-13)10-4-6-11(15-3)7-5-10;/h4-7,12,14H,8-9H2,1-3H3;1H. The lowest BCUT2D eigenvalue weighted by Crippen LogP contribution is -2.42. The highest BCUT2D eigenvalue weighted by molar-refractivity contribution is 5.85. The van der Waals surface area contributed by atoms with E-state index in [9.17, 15) is 0 Å². The summed E-state index contributed by atoms with van der Waals surface area (Å²) in [6.07, 6.45) is 0.0129. The van der Waals surface area contributed by atoms with Gasteiger partial charge >= 0.3 is 0 Å². The molecular formula is C13H20ClNO2. The van der Waals surface area contributed by atoms with E-state index in [1.165, 1.54) is 0 Å². The Balaban J connectivity index is 0.00000144. The van der Waals surface area contributed by atoms with E-state index in [1.807, 2.05) is 24.3 Å². The molecule has 0 radical (unpaired) electrons. The average molecular weight is 258 g/mol. The van der Waals surface area contributed by atoms with Crippen molar-refractivity contribution in [2.24, 2.45) is 5.41 Å². The molecule has 1 N–H and O–H groups in total. The Bertz CT molecular complexity index is 341. The van der Waals surface area contributed by atoms with Crippen molar-refractivity contribution in [2.45, 2.75) is 20.1 Å². The summed E-state index contributed by atoms with van der Waals surface area (Å²) in [6.45, 7) is 6.16. The predicted octanol–water partition coefficient (Wildman–Crippen LogP) is 2.76. The fourth-order valence-electron chi connectivity index (χ4n) is 1.78. The van der Waals surface area contributed by atoms with Crippen LogP contribution in [0.4, 0.5) is 0 Å². The van der Waals surface area contributed by atoms with Gasteiger partial charge in [-0.25, -0.2) is 0 Å². The summed E-state index contributed by atoms with van der Waals surface area (Å²) < 4.78 is 10.9. The molecule has 96 valence electrons. The Morgan fingerprint density at radius 2 is 1.94 bits per heavy atom. The van der Waals surface area contributed by atoms with Crippen molar-refractivity contribution in [2.75, 3.05) is 20.3 Å². The molecule has 1 heterocycles. The minimum Gasteiger partial charge on any atom is -0.497 e. The van der Waals surface area contributed by atoms with Crippen LogP contribution in [-0.4, -0.2) is 20.3 Å². The van der Waals surface area contributed by atoms with Crippen LogP contribution in [0, 0.1) is 5.41 Å². The number of methoxy groups -OCH3 is 1. The molecule has 0 amide bonds. The van der Waals surface area contributed by atoms with E-state index in [-0.39, 0.29) is 24.0 Å². The van der Waals surface area contributed by atoms with Gasteiger partial charge < -0.3 is 9.47 Å². The molecule has 1 aromatic carbocycles. The number of halogens is 1. The lowest BCUT2D eigenvalue weighted by molar-refractivity contribution is -0.0595. The Morgan fingerprint density at radius 1 is 1.29 bits per heavy atom. The Labute approximate surface area is 109 Å². The SMILES string of the molecule is COc1ccc(C2NCC(C)(C)CO2)cc1.Cl. The molecule has 0 bridgehead atoms. The summed E-state index contributed by atoms with van der Waals surface area (Å²) in [5, 5.41) is 3.40. The van der Waals surface area contributed by atoms with Gasteiger partial charge in [0.1, 0.15) is 12.0 Å². The van der Waals surface area contributed by atoms with Gasteiger partial charge in [0.05, 0.1) is 13.7 Å². The highest BCUT2D eigenvalue weighted by Crippen LogP contribution is 2.27. The topological polar surface area (TPSA) is 30.5 Å². The van der Waals surface area contributed by atoms with E-state index in [4.69, 9.17) is 9.47 Å². The maximum atomic E-state index is 5.80. The second-order valence-electron chi connectivity index (χ2n) is 5.01. The van der Waals surface area contributed by atoms with Gasteiger partial charge in [-0.05, 0) is 17.7 Å². The molecule has 0 aromatic heterocycles. The zero-order chi connectivity index (χ0) is 11.6. The lowest BCUT2D eigenvalue weighted by Gasteiger charge is -2.35. The van der Waals surface area contributed by atoms with Crippen LogP contribution < -0.4 is 10.1 Å². The van der Waals surface area contributed by atoms with Gasteiger partial charge in [0, 0.05) is 12.0 Å². The van der Waals surface area contributed by atoms with Crippen LogP contribution >= 0.6 is 12.4 Å². The number of hydrogen-bond acceptors (Lipinski definition) is 3. The molecule has 1 aliphatic rings. The van der Waals surface area contributed by atoms with E-state index in [2.05, 4.69) is 19.2 Å². The third-order valence-electron chi connectivity index (χ3n) is 2.83. The van der Waals surface area contributed by atoms with Crippen molar-refractivity contribution in [1.82, 2.24) is 5.32 Å². The largest absolute Gasteiger partial charge is 0.497 e. The van der Waals surface area contributed by atoms with Crippen LogP contribution in [0.5, 0.6) is 5.75 Å². The van der Waals surface area contributed by atoms with E-state index < -0.39 is 0 Å². The smallest absolute Gasteiger partial charge is 0.134 e. The van der Waals surface area contributed by atoms with Crippen LogP contribution in [0.2, 0.25) is 0 Å². The first kappa shape index (κ1) is 14.3. The van der Waals surface area contributed by atoms with Gasteiger partial charge in [-0.3, -0.25) is 5.32 Å². The monoisotopic (exact) mass is 257 g/mol. The summed E-state index contributed by atoms with van der Waals surface area (Å²) in [4.78, 5) is 0. The van der Waals surface area contributed by atoms with Gasteiger partial charge in [0.25, 0.3) is 0 Å². The van der Waals surface area contributed by atoms with E-state index in [0.29, 0.717) is 0 Å². The number of ether oxygens (including phenoxy) is 2. The van der Waals surface area contributed by atoms with Crippen molar-refractivity contribution in [3.05, 3.63) is 29.8 Å². The molecule has 4 heteroatoms. The number of benzene rings is 1. The average Bonchev–Trinajstić information content (AvgIpc) is 2.29. The zero-order valence-electron chi connectivity index (χ0n) is 10.5. The van der Waals surface area contributed by atoms with Gasteiger partial charge in [-0.2, -0.15) is 0 Å². The quantitative estimate of drug-likeness (QED) is 0.884. The molecule has 1 fully saturated rings. The van der Waals surface area contributed by atoms with Crippen LogP contribution in [-0.2, 0) is 4.74 Å². The highest BCUT2D eigenvalue weighted by atomic mass is 35.5. The first-order chi connectivity index (χ1) is 7.61. The molecule has 2 rings (SSSR count). The third kappa shape index (κ3) is 3.60. The summed E-state index contributed by atoms with van der Waals surface area (Å²) in [7, 11) is 1.67. The number of rotatable bonds is 2. The van der Waals surface area contributed by atoms with Crippen LogP contribution in [0.25, 0.3) is 0 Å². The van der Waals surface area contributed by atoms with Crippen molar-refractivity contribution in [3.63, 3.8) is 0 Å². The van der Waals surface area contributed by atoms with Gasteiger partial charge in [-0.1, -0.05) is 26.0 Å². The van der Waals surface area contributed by atoms with E-state index in [0.717, 1.165) is 24.5 Å². The molecule has 1 aliphatic heterocycles. The summed E-state index contributed by atoms with van der Waals surface area (Å²) >= 11 is 0. The number of nitrogens with one attached hydrogen (secondary N) is 1. The fraction of sp³-hybridized carbons (Fsp3) is 0.538. The molecule has 0 spiro atoms. The molecular weight excluding hydrogens is 238 g/mol. The summed E-state index contributed by atoms with van der Waals surface area (Å²) in [6, 6.07) is 7.99. The highest BCUT2D eigenvalue weighted by Gasteiger charge is 2.27. The van der Waals surface area contributed by atoms with Gasteiger partial charge in [0.2, 0.25) is 0 Å². The summed E-state index contributed by atoms with van der Waals surface area (Å²) in [5.41, 5.74) is 1.37. The molecule has 17 heavy (non-hydrogen) atoms. The Hall–Kier alpha value is -0.770. The second kappa shape index (κ2) is 5.71. The molecule has 1 aromatic rings. The molecule has 0 saturated carbocycles. The minimum absolute atomic E-state index is 0. The molecule has 1 atom stereocenters. The number of hydrogen-bond donors (Lipinski definition) is 1. The molecule has 0 aliphatic carbocycles. The van der Waals surface area contributed by atoms with Crippen LogP contribution in [0.3, 0.4) is 0 Å². The third-order valence-corrected chi connectivity index (χ3v) is 2.83. The first-order valence-corrected chi connectivity index (χ1v) is 5.60. The first-order valence-electron chi connectivity index (χ1n) is 5.60. The fourth-order valence-corrected chi connectivity index (χ4v) is 1.78. The molecule has 3 nitrogen and oxygen atoms in total. The van der Waals surface area contributed by atoms with Crippen molar-refractivity contribution in [1.29, 1.82) is 0 Å². The van der Waals surface area contributed by atoms with Crippen molar-refractivity contribution in [3.8, 4) is 5.75 Å². The van der Waals surface area contributed by atoms with Gasteiger partial charge in [-0.15, -0.1) is 12.4 Å². The van der Waals surface area contributed by atoms with Gasteiger partial charge in [0.15, 0.2) is 0 Å². The summed E-state index contributed by atoms with van der Waals surface area (Å²) in [5.74, 6) is 0.875. The van der Waals surface area contributed by atoms with Crippen molar-refractivity contribution < 1.29 is 9.47 Å². The maximum absolute atomic E-state index is 5.80. The second-order valence-corrected chi connectivity index (χ2v) is 5.01. The van der Waals surface area contributed by atoms with Crippen molar-refractivity contribution >= 4 is 12.4 Å².